The maximum Gasteiger partial charge on any atom is 0.257 e. The first-order valence-electron chi connectivity index (χ1n) is 7.10. The fraction of sp³-hybridized carbons (Fsp3) is 0.125. The Morgan fingerprint density at radius 3 is 2.65 bits per heavy atom. The molecule has 0 aliphatic rings. The maximum absolute atomic E-state index is 12.6. The number of aromatic nitrogens is 4. The van der Waals surface area contributed by atoms with Gasteiger partial charge in [-0.2, -0.15) is 4.68 Å². The lowest BCUT2D eigenvalue weighted by Crippen LogP contribution is -2.15. The van der Waals surface area contributed by atoms with Crippen LogP contribution in [0.4, 0.5) is 5.69 Å². The third-order valence-corrected chi connectivity index (χ3v) is 3.65. The normalized spacial score (nSPS) is 10.5. The van der Waals surface area contributed by atoms with Crippen molar-refractivity contribution in [2.24, 2.45) is 0 Å². The smallest absolute Gasteiger partial charge is 0.257 e. The van der Waals surface area contributed by atoms with Gasteiger partial charge < -0.3 is 5.32 Å². The topological polar surface area (TPSA) is 72.7 Å². The third kappa shape index (κ3) is 3.37. The summed E-state index contributed by atoms with van der Waals surface area (Å²) in [7, 11) is 0. The average Bonchev–Trinajstić information content (AvgIpc) is 3.09. The number of amides is 1. The van der Waals surface area contributed by atoms with Crippen LogP contribution in [0.25, 0.3) is 5.69 Å². The molecule has 116 valence electrons. The number of anilines is 1. The summed E-state index contributed by atoms with van der Waals surface area (Å²) in [5, 5.41) is 14.3. The van der Waals surface area contributed by atoms with Gasteiger partial charge in [0, 0.05) is 10.7 Å². The highest BCUT2D eigenvalue weighted by atomic mass is 35.5. The van der Waals surface area contributed by atoms with Crippen molar-refractivity contribution in [3.63, 3.8) is 0 Å². The molecule has 0 aliphatic carbocycles. The lowest BCUT2D eigenvalue weighted by Gasteiger charge is -2.10. The number of benzene rings is 2. The maximum atomic E-state index is 12.6. The Kier molecular flexibility index (Phi) is 4.34. The summed E-state index contributed by atoms with van der Waals surface area (Å²) in [6.45, 7) is 2.08. The van der Waals surface area contributed by atoms with Crippen molar-refractivity contribution in [2.45, 2.75) is 13.3 Å². The number of rotatable bonds is 4. The Morgan fingerprint density at radius 1 is 1.22 bits per heavy atom. The number of nitrogens with one attached hydrogen (secondary N) is 1. The van der Waals surface area contributed by atoms with E-state index in [-0.39, 0.29) is 5.91 Å². The predicted molar refractivity (Wildman–Crippen MR) is 87.9 cm³/mol. The third-order valence-electron chi connectivity index (χ3n) is 3.42. The Balaban J connectivity index is 1.90. The molecule has 1 amide bonds. The molecule has 0 radical (unpaired) electrons. The SMILES string of the molecule is CCc1ccc(NC(=O)c2cc(Cl)ccc2-n2cnnn2)cc1. The molecule has 0 saturated carbocycles. The monoisotopic (exact) mass is 327 g/mol. The molecule has 0 atom stereocenters. The van der Waals surface area contributed by atoms with Gasteiger partial charge in [0.15, 0.2) is 0 Å². The van der Waals surface area contributed by atoms with Crippen LogP contribution in [0.2, 0.25) is 5.02 Å². The highest BCUT2D eigenvalue weighted by Crippen LogP contribution is 2.20. The van der Waals surface area contributed by atoms with E-state index in [4.69, 9.17) is 11.6 Å². The molecule has 2 aromatic carbocycles. The van der Waals surface area contributed by atoms with E-state index in [1.807, 2.05) is 24.3 Å². The van der Waals surface area contributed by atoms with Gasteiger partial charge in [-0.3, -0.25) is 4.79 Å². The number of tetrazole rings is 1. The molecule has 0 saturated heterocycles. The Hall–Kier alpha value is -2.73. The Bertz CT molecular complexity index is 815. The van der Waals surface area contributed by atoms with Gasteiger partial charge in [0.05, 0.1) is 11.3 Å². The molecule has 0 spiro atoms. The van der Waals surface area contributed by atoms with Crippen LogP contribution in [-0.2, 0) is 6.42 Å². The van der Waals surface area contributed by atoms with E-state index in [1.165, 1.54) is 16.6 Å². The minimum Gasteiger partial charge on any atom is -0.322 e. The summed E-state index contributed by atoms with van der Waals surface area (Å²) in [4.78, 5) is 12.6. The number of nitrogens with zero attached hydrogens (tertiary/aromatic N) is 4. The van der Waals surface area contributed by atoms with Gasteiger partial charge in [-0.05, 0) is 52.7 Å². The quantitative estimate of drug-likeness (QED) is 0.799. The number of carbonyl (C=O) groups is 1. The van der Waals surface area contributed by atoms with Crippen molar-refractivity contribution in [1.82, 2.24) is 20.2 Å². The second-order valence-electron chi connectivity index (χ2n) is 4.92. The van der Waals surface area contributed by atoms with Gasteiger partial charge in [-0.15, -0.1) is 5.10 Å². The lowest BCUT2D eigenvalue weighted by atomic mass is 10.1. The van der Waals surface area contributed by atoms with Crippen molar-refractivity contribution in [3.8, 4) is 5.69 Å². The van der Waals surface area contributed by atoms with Gasteiger partial charge in [0.25, 0.3) is 5.91 Å². The van der Waals surface area contributed by atoms with Crippen molar-refractivity contribution in [2.75, 3.05) is 5.32 Å². The highest BCUT2D eigenvalue weighted by molar-refractivity contribution is 6.31. The van der Waals surface area contributed by atoms with E-state index >= 15 is 0 Å². The van der Waals surface area contributed by atoms with E-state index in [1.54, 1.807) is 18.2 Å². The van der Waals surface area contributed by atoms with Crippen molar-refractivity contribution >= 4 is 23.2 Å². The lowest BCUT2D eigenvalue weighted by molar-refractivity contribution is 0.102. The van der Waals surface area contributed by atoms with Crippen LogP contribution >= 0.6 is 11.6 Å². The number of aryl methyl sites for hydroxylation is 1. The standard InChI is InChI=1S/C16H14ClN5O/c1-2-11-3-6-13(7-4-11)19-16(23)14-9-12(17)5-8-15(14)22-10-18-20-21-22/h3-10H,2H2,1H3,(H,19,23). The molecular weight excluding hydrogens is 314 g/mol. The summed E-state index contributed by atoms with van der Waals surface area (Å²) in [5.41, 5.74) is 2.88. The second-order valence-corrected chi connectivity index (χ2v) is 5.36. The van der Waals surface area contributed by atoms with Crippen LogP contribution in [0.5, 0.6) is 0 Å². The van der Waals surface area contributed by atoms with Crippen LogP contribution < -0.4 is 5.32 Å². The van der Waals surface area contributed by atoms with Crippen LogP contribution in [0.15, 0.2) is 48.8 Å². The molecule has 0 fully saturated rings. The molecule has 1 N–H and O–H groups in total. The molecule has 0 unspecified atom stereocenters. The first kappa shape index (κ1) is 15.2. The highest BCUT2D eigenvalue weighted by Gasteiger charge is 2.15. The van der Waals surface area contributed by atoms with Crippen LogP contribution in [0.1, 0.15) is 22.8 Å². The number of halogens is 1. The largest absolute Gasteiger partial charge is 0.322 e. The van der Waals surface area contributed by atoms with E-state index < -0.39 is 0 Å². The first-order valence-corrected chi connectivity index (χ1v) is 7.48. The van der Waals surface area contributed by atoms with Gasteiger partial charge in [-0.1, -0.05) is 30.7 Å². The molecule has 3 aromatic rings. The summed E-state index contributed by atoms with van der Waals surface area (Å²) in [6, 6.07) is 12.7. The van der Waals surface area contributed by atoms with Crippen LogP contribution in [0, 0.1) is 0 Å². The number of hydrogen-bond acceptors (Lipinski definition) is 4. The zero-order valence-electron chi connectivity index (χ0n) is 12.4. The van der Waals surface area contributed by atoms with Crippen LogP contribution in [0.3, 0.4) is 0 Å². The molecule has 1 heterocycles. The van der Waals surface area contributed by atoms with Crippen LogP contribution in [-0.4, -0.2) is 26.1 Å². The van der Waals surface area contributed by atoms with E-state index in [0.29, 0.717) is 16.3 Å². The summed E-state index contributed by atoms with van der Waals surface area (Å²) < 4.78 is 1.42. The molecule has 0 bridgehead atoms. The number of hydrogen-bond donors (Lipinski definition) is 1. The minimum absolute atomic E-state index is 0.276. The fourth-order valence-electron chi connectivity index (χ4n) is 2.18. The van der Waals surface area contributed by atoms with Crippen molar-refractivity contribution < 1.29 is 4.79 Å². The summed E-state index contributed by atoms with van der Waals surface area (Å²) >= 11 is 6.02. The van der Waals surface area contributed by atoms with E-state index in [0.717, 1.165) is 12.1 Å². The fourth-order valence-corrected chi connectivity index (χ4v) is 2.36. The molecule has 3 rings (SSSR count). The van der Waals surface area contributed by atoms with Gasteiger partial charge in [-0.25, -0.2) is 0 Å². The van der Waals surface area contributed by atoms with Gasteiger partial charge in [0.1, 0.15) is 6.33 Å². The zero-order valence-corrected chi connectivity index (χ0v) is 13.2. The summed E-state index contributed by atoms with van der Waals surface area (Å²) in [5.74, 6) is -0.276. The van der Waals surface area contributed by atoms with Gasteiger partial charge >= 0.3 is 0 Å². The molecule has 7 heteroatoms. The number of carbonyl (C=O) groups excluding carboxylic acids is 1. The van der Waals surface area contributed by atoms with E-state index in [2.05, 4.69) is 27.8 Å². The minimum atomic E-state index is -0.276. The molecule has 23 heavy (non-hydrogen) atoms. The van der Waals surface area contributed by atoms with Gasteiger partial charge in [0.2, 0.25) is 0 Å². The van der Waals surface area contributed by atoms with Crippen molar-refractivity contribution in [1.29, 1.82) is 0 Å². The first-order chi connectivity index (χ1) is 11.2. The Labute approximate surface area is 138 Å². The molecular formula is C16H14ClN5O. The van der Waals surface area contributed by atoms with E-state index in [9.17, 15) is 4.79 Å². The average molecular weight is 328 g/mol. The Morgan fingerprint density at radius 2 is 2.00 bits per heavy atom. The summed E-state index contributed by atoms with van der Waals surface area (Å²) in [6.07, 6.45) is 2.38. The second kappa shape index (κ2) is 6.58. The molecule has 0 aliphatic heterocycles. The zero-order chi connectivity index (χ0) is 16.2. The van der Waals surface area contributed by atoms with Crippen molar-refractivity contribution in [3.05, 3.63) is 64.9 Å². The molecule has 1 aromatic heterocycles. The molecule has 6 nitrogen and oxygen atoms in total. The predicted octanol–water partition coefficient (Wildman–Crippen LogP) is 3.13.